The highest BCUT2D eigenvalue weighted by molar-refractivity contribution is 5.69. The van der Waals surface area contributed by atoms with Crippen LogP contribution in [0, 0.1) is 23.2 Å². The van der Waals surface area contributed by atoms with E-state index in [1.807, 2.05) is 12.1 Å². The van der Waals surface area contributed by atoms with Gasteiger partial charge in [0.15, 0.2) is 0 Å². The minimum Gasteiger partial charge on any atom is -0.508 e. The summed E-state index contributed by atoms with van der Waals surface area (Å²) in [5.74, 6) is 3.19. The fourth-order valence-electron chi connectivity index (χ4n) is 7.55. The molecule has 1 N–H and O–H groups in total. The first-order valence-corrected chi connectivity index (χ1v) is 12.1. The van der Waals surface area contributed by atoms with Crippen LogP contribution in [0.15, 0.2) is 18.2 Å². The highest BCUT2D eigenvalue weighted by atomic mass is 16.5. The first-order valence-electron chi connectivity index (χ1n) is 12.1. The maximum atomic E-state index is 12.6. The van der Waals surface area contributed by atoms with Crippen molar-refractivity contribution in [2.24, 2.45) is 23.2 Å². The minimum atomic E-state index is 0.0513. The first-order chi connectivity index (χ1) is 14.0. The third kappa shape index (κ3) is 3.49. The van der Waals surface area contributed by atoms with Crippen LogP contribution in [0.4, 0.5) is 0 Å². The quantitative estimate of drug-likeness (QED) is 0.623. The van der Waals surface area contributed by atoms with Crippen molar-refractivity contribution in [3.05, 3.63) is 29.3 Å². The second-order valence-corrected chi connectivity index (χ2v) is 10.6. The van der Waals surface area contributed by atoms with Crippen LogP contribution < -0.4 is 0 Å². The fraction of sp³-hybridized carbons (Fsp3) is 0.731. The maximum absolute atomic E-state index is 12.6. The second kappa shape index (κ2) is 7.63. The van der Waals surface area contributed by atoms with Gasteiger partial charge < -0.3 is 9.84 Å². The summed E-state index contributed by atoms with van der Waals surface area (Å²) >= 11 is 0. The first kappa shape index (κ1) is 19.5. The number of ether oxygens (including phenoxy) is 1. The molecule has 1 aromatic rings. The Morgan fingerprint density at radius 1 is 1.14 bits per heavy atom. The van der Waals surface area contributed by atoms with Gasteiger partial charge in [0.25, 0.3) is 0 Å². The van der Waals surface area contributed by atoms with Crippen LogP contribution in [0.3, 0.4) is 0 Å². The van der Waals surface area contributed by atoms with E-state index >= 15 is 0 Å². The SMILES string of the molecule is C[C@]12CC[C@H]3c4ccc(O)cc4CC[C@H]3[C@@H]1CCC2OC(=O)CCC1CCCC1. The molecular weight excluding hydrogens is 360 g/mol. The molecule has 4 aliphatic rings. The van der Waals surface area contributed by atoms with Crippen LogP contribution in [0.25, 0.3) is 0 Å². The lowest BCUT2D eigenvalue weighted by atomic mass is 9.55. The van der Waals surface area contributed by atoms with Gasteiger partial charge in [0.2, 0.25) is 0 Å². The second-order valence-electron chi connectivity index (χ2n) is 10.6. The van der Waals surface area contributed by atoms with E-state index in [0.29, 0.717) is 29.9 Å². The van der Waals surface area contributed by atoms with Gasteiger partial charge in [-0.2, -0.15) is 0 Å². The van der Waals surface area contributed by atoms with E-state index in [-0.39, 0.29) is 17.5 Å². The molecule has 4 aliphatic carbocycles. The molecule has 3 saturated carbocycles. The summed E-state index contributed by atoms with van der Waals surface area (Å²) in [6.45, 7) is 2.40. The summed E-state index contributed by atoms with van der Waals surface area (Å²) in [6.07, 6.45) is 13.9. The number of rotatable bonds is 4. The predicted molar refractivity (Wildman–Crippen MR) is 114 cm³/mol. The van der Waals surface area contributed by atoms with Crippen LogP contribution in [0.5, 0.6) is 5.75 Å². The molecular formula is C26H36O3. The lowest BCUT2D eigenvalue weighted by Crippen LogP contribution is -2.45. The van der Waals surface area contributed by atoms with Crippen LogP contribution in [-0.4, -0.2) is 17.2 Å². The third-order valence-electron chi connectivity index (χ3n) is 9.13. The van der Waals surface area contributed by atoms with Crippen molar-refractivity contribution in [1.82, 2.24) is 0 Å². The Hall–Kier alpha value is -1.51. The zero-order valence-electron chi connectivity index (χ0n) is 17.9. The summed E-state index contributed by atoms with van der Waals surface area (Å²) in [7, 11) is 0. The van der Waals surface area contributed by atoms with Crippen LogP contribution in [-0.2, 0) is 16.0 Å². The molecule has 1 aromatic carbocycles. The van der Waals surface area contributed by atoms with Crippen molar-refractivity contribution in [2.45, 2.75) is 96.0 Å². The molecule has 0 aliphatic heterocycles. The van der Waals surface area contributed by atoms with Crippen molar-refractivity contribution in [3.8, 4) is 5.75 Å². The number of carbonyl (C=O) groups excluding carboxylic acids is 1. The van der Waals surface area contributed by atoms with E-state index in [4.69, 9.17) is 4.74 Å². The van der Waals surface area contributed by atoms with Gasteiger partial charge in [0.1, 0.15) is 11.9 Å². The highest BCUT2D eigenvalue weighted by Gasteiger charge is 2.56. The van der Waals surface area contributed by atoms with Gasteiger partial charge in [-0.05, 0) is 91.9 Å². The highest BCUT2D eigenvalue weighted by Crippen LogP contribution is 2.61. The molecule has 3 fully saturated rings. The lowest BCUT2D eigenvalue weighted by Gasteiger charge is -2.50. The van der Waals surface area contributed by atoms with Gasteiger partial charge in [0, 0.05) is 11.8 Å². The van der Waals surface area contributed by atoms with E-state index in [1.54, 1.807) is 0 Å². The summed E-state index contributed by atoms with van der Waals surface area (Å²) in [5.41, 5.74) is 2.97. The summed E-state index contributed by atoms with van der Waals surface area (Å²) in [6, 6.07) is 6.00. The number of hydrogen-bond acceptors (Lipinski definition) is 3. The van der Waals surface area contributed by atoms with Crippen LogP contribution in [0.1, 0.15) is 94.6 Å². The number of benzene rings is 1. The Labute approximate surface area is 175 Å². The average Bonchev–Trinajstić information content (AvgIpc) is 3.34. The van der Waals surface area contributed by atoms with E-state index in [0.717, 1.165) is 31.6 Å². The molecule has 0 bridgehead atoms. The normalized spacial score (nSPS) is 36.3. The van der Waals surface area contributed by atoms with Gasteiger partial charge in [-0.3, -0.25) is 4.79 Å². The zero-order chi connectivity index (χ0) is 20.0. The molecule has 0 aromatic heterocycles. The summed E-state index contributed by atoms with van der Waals surface area (Å²) in [5, 5.41) is 9.86. The van der Waals surface area contributed by atoms with E-state index < -0.39 is 0 Å². The van der Waals surface area contributed by atoms with Crippen molar-refractivity contribution in [3.63, 3.8) is 0 Å². The van der Waals surface area contributed by atoms with Gasteiger partial charge in [0.05, 0.1) is 0 Å². The molecule has 0 spiro atoms. The van der Waals surface area contributed by atoms with Gasteiger partial charge in [-0.15, -0.1) is 0 Å². The number of aryl methyl sites for hydroxylation is 1. The molecule has 3 nitrogen and oxygen atoms in total. The van der Waals surface area contributed by atoms with Crippen molar-refractivity contribution >= 4 is 5.97 Å². The van der Waals surface area contributed by atoms with Gasteiger partial charge >= 0.3 is 5.97 Å². The number of aromatic hydroxyl groups is 1. The number of phenols is 1. The zero-order valence-corrected chi connectivity index (χ0v) is 17.9. The Bertz CT molecular complexity index is 765. The molecule has 5 rings (SSSR count). The number of hydrogen-bond donors (Lipinski definition) is 1. The lowest BCUT2D eigenvalue weighted by molar-refractivity contribution is -0.157. The molecule has 29 heavy (non-hydrogen) atoms. The van der Waals surface area contributed by atoms with Crippen molar-refractivity contribution in [2.75, 3.05) is 0 Å². The number of fused-ring (bicyclic) bond motifs is 5. The monoisotopic (exact) mass is 396 g/mol. The fourth-order valence-corrected chi connectivity index (χ4v) is 7.55. The Kier molecular flexibility index (Phi) is 5.12. The Balaban J connectivity index is 1.25. The number of esters is 1. The molecule has 0 saturated heterocycles. The predicted octanol–water partition coefficient (Wildman–Crippen LogP) is 6.13. The smallest absolute Gasteiger partial charge is 0.306 e. The van der Waals surface area contributed by atoms with E-state index in [2.05, 4.69) is 13.0 Å². The molecule has 3 heteroatoms. The average molecular weight is 397 g/mol. The largest absolute Gasteiger partial charge is 0.508 e. The molecule has 5 atom stereocenters. The molecule has 0 radical (unpaired) electrons. The number of phenolic OH excluding ortho intramolecular Hbond substituents is 1. The van der Waals surface area contributed by atoms with Crippen molar-refractivity contribution < 1.29 is 14.6 Å². The van der Waals surface area contributed by atoms with Crippen LogP contribution in [0.2, 0.25) is 0 Å². The maximum Gasteiger partial charge on any atom is 0.306 e. The topological polar surface area (TPSA) is 46.5 Å². The number of carbonyl (C=O) groups is 1. The molecule has 0 amide bonds. The van der Waals surface area contributed by atoms with Gasteiger partial charge in [-0.1, -0.05) is 38.7 Å². The summed E-state index contributed by atoms with van der Waals surface area (Å²) < 4.78 is 6.14. The summed E-state index contributed by atoms with van der Waals surface area (Å²) in [4.78, 5) is 12.6. The van der Waals surface area contributed by atoms with Crippen LogP contribution >= 0.6 is 0 Å². The van der Waals surface area contributed by atoms with E-state index in [9.17, 15) is 9.90 Å². The van der Waals surface area contributed by atoms with Crippen molar-refractivity contribution in [1.29, 1.82) is 0 Å². The molecule has 158 valence electrons. The minimum absolute atomic E-state index is 0.0513. The standard InChI is InChI=1S/C26H36O3/c1-26-15-14-21-20-10-8-19(27)16-18(20)7-9-22(21)23(26)11-12-24(26)29-25(28)13-6-17-4-2-3-5-17/h8,10,16-17,21-24,27H,2-7,9,11-15H2,1H3/t21-,22+,23-,24?,26-/m0/s1. The van der Waals surface area contributed by atoms with Gasteiger partial charge in [-0.25, -0.2) is 0 Å². The Morgan fingerprint density at radius 2 is 1.97 bits per heavy atom. The molecule has 0 heterocycles. The molecule has 1 unspecified atom stereocenters. The third-order valence-corrected chi connectivity index (χ3v) is 9.13. The Morgan fingerprint density at radius 3 is 2.79 bits per heavy atom. The van der Waals surface area contributed by atoms with E-state index in [1.165, 1.54) is 56.1 Å².